The number of hydrogen-bond donors (Lipinski definition) is 0. The number of allylic oxidation sites excluding steroid dienone is 3. The summed E-state index contributed by atoms with van der Waals surface area (Å²) in [6.07, 6.45) is 4.07. The molecule has 0 spiro atoms. The van der Waals surface area contributed by atoms with Crippen molar-refractivity contribution >= 4 is 0 Å². The van der Waals surface area contributed by atoms with E-state index in [9.17, 15) is 0 Å². The Kier molecular flexibility index (Phi) is 3.63. The van der Waals surface area contributed by atoms with Crippen LogP contribution < -0.4 is 4.57 Å². The van der Waals surface area contributed by atoms with E-state index in [0.29, 0.717) is 0 Å². The van der Waals surface area contributed by atoms with Gasteiger partial charge in [0.05, 0.1) is 0 Å². The molecule has 1 heterocycles. The maximum Gasteiger partial charge on any atom is 0.178 e. The van der Waals surface area contributed by atoms with Crippen LogP contribution in [0.4, 0.5) is 0 Å². The highest BCUT2D eigenvalue weighted by Crippen LogP contribution is 1.97. The fourth-order valence-electron chi connectivity index (χ4n) is 1.39. The van der Waals surface area contributed by atoms with Crippen LogP contribution >= 0.6 is 0 Å². The SMILES string of the molecule is C=C/C(C)=C\C[n+]1c(C)cccc1C. The number of aryl methyl sites for hydroxylation is 2. The first kappa shape index (κ1) is 10.7. The Bertz CT molecular complexity index is 341. The molecule has 14 heavy (non-hydrogen) atoms. The Hall–Kier alpha value is -1.37. The first-order valence-electron chi connectivity index (χ1n) is 4.90. The van der Waals surface area contributed by atoms with Crippen LogP contribution in [0.3, 0.4) is 0 Å². The molecule has 0 amide bonds. The second-order valence-electron chi connectivity index (χ2n) is 3.57. The van der Waals surface area contributed by atoms with Gasteiger partial charge in [-0.05, 0) is 24.6 Å². The van der Waals surface area contributed by atoms with E-state index in [1.54, 1.807) is 0 Å². The van der Waals surface area contributed by atoms with Crippen molar-refractivity contribution in [3.8, 4) is 0 Å². The smallest absolute Gasteiger partial charge is 0.178 e. The van der Waals surface area contributed by atoms with Crippen LogP contribution in [0.25, 0.3) is 0 Å². The van der Waals surface area contributed by atoms with E-state index >= 15 is 0 Å². The molecule has 0 aliphatic carbocycles. The molecule has 0 bridgehead atoms. The summed E-state index contributed by atoms with van der Waals surface area (Å²) in [4.78, 5) is 0. The molecule has 0 aromatic carbocycles. The lowest BCUT2D eigenvalue weighted by atomic mass is 10.2. The Labute approximate surface area is 86.4 Å². The molecule has 1 aromatic rings. The third-order valence-electron chi connectivity index (χ3n) is 2.44. The van der Waals surface area contributed by atoms with Crippen LogP contribution in [-0.2, 0) is 6.54 Å². The number of nitrogens with zero attached hydrogens (tertiary/aromatic N) is 1. The molecule has 1 aromatic heterocycles. The Balaban J connectivity index is 2.91. The number of hydrogen-bond acceptors (Lipinski definition) is 0. The Morgan fingerprint density at radius 2 is 1.93 bits per heavy atom. The van der Waals surface area contributed by atoms with Gasteiger partial charge in [0.2, 0.25) is 0 Å². The molecule has 0 fully saturated rings. The minimum atomic E-state index is 0.927. The summed E-state index contributed by atoms with van der Waals surface area (Å²) >= 11 is 0. The van der Waals surface area contributed by atoms with Crippen LogP contribution in [0.1, 0.15) is 18.3 Å². The molecular weight excluding hydrogens is 170 g/mol. The molecule has 0 radical (unpaired) electrons. The normalized spacial score (nSPS) is 11.5. The number of pyridine rings is 1. The third kappa shape index (κ3) is 2.56. The standard InChI is InChI=1S/C13H18N/c1-5-11(2)9-10-14-12(3)7-6-8-13(14)4/h5-9H,1,10H2,2-4H3/q+1/b11-9-. The summed E-state index contributed by atoms with van der Waals surface area (Å²) in [5.74, 6) is 0. The summed E-state index contributed by atoms with van der Waals surface area (Å²) in [6, 6.07) is 6.35. The van der Waals surface area contributed by atoms with Gasteiger partial charge in [-0.3, -0.25) is 0 Å². The zero-order chi connectivity index (χ0) is 10.6. The van der Waals surface area contributed by atoms with Gasteiger partial charge in [0.25, 0.3) is 0 Å². The largest absolute Gasteiger partial charge is 0.197 e. The summed E-state index contributed by atoms with van der Waals surface area (Å²) in [7, 11) is 0. The second-order valence-corrected chi connectivity index (χ2v) is 3.57. The van der Waals surface area contributed by atoms with Crippen molar-refractivity contribution in [3.63, 3.8) is 0 Å². The topological polar surface area (TPSA) is 3.88 Å². The monoisotopic (exact) mass is 188 g/mol. The highest BCUT2D eigenvalue weighted by molar-refractivity contribution is 5.11. The quantitative estimate of drug-likeness (QED) is 0.507. The van der Waals surface area contributed by atoms with Gasteiger partial charge in [-0.1, -0.05) is 12.7 Å². The van der Waals surface area contributed by atoms with E-state index in [2.05, 4.69) is 56.2 Å². The van der Waals surface area contributed by atoms with Gasteiger partial charge in [-0.15, -0.1) is 0 Å². The lowest BCUT2D eigenvalue weighted by molar-refractivity contribution is -0.698. The minimum absolute atomic E-state index is 0.927. The predicted octanol–water partition coefficient (Wildman–Crippen LogP) is 2.72. The fraction of sp³-hybridized carbons (Fsp3) is 0.308. The lowest BCUT2D eigenvalue weighted by Gasteiger charge is -2.00. The first-order valence-corrected chi connectivity index (χ1v) is 4.90. The summed E-state index contributed by atoms with van der Waals surface area (Å²) in [5, 5.41) is 0. The average Bonchev–Trinajstić information content (AvgIpc) is 2.16. The molecule has 1 heteroatoms. The van der Waals surface area contributed by atoms with Gasteiger partial charge in [-0.25, -0.2) is 0 Å². The van der Waals surface area contributed by atoms with Crippen LogP contribution in [-0.4, -0.2) is 0 Å². The Morgan fingerprint density at radius 3 is 2.43 bits per heavy atom. The fourth-order valence-corrected chi connectivity index (χ4v) is 1.39. The highest BCUT2D eigenvalue weighted by atomic mass is 15.0. The van der Waals surface area contributed by atoms with Gasteiger partial charge in [0.1, 0.15) is 0 Å². The van der Waals surface area contributed by atoms with Crippen molar-refractivity contribution in [1.82, 2.24) is 0 Å². The number of aromatic nitrogens is 1. The van der Waals surface area contributed by atoms with Crippen molar-refractivity contribution in [3.05, 3.63) is 53.9 Å². The summed E-state index contributed by atoms with van der Waals surface area (Å²) < 4.78 is 2.28. The average molecular weight is 188 g/mol. The van der Waals surface area contributed by atoms with E-state index in [1.165, 1.54) is 17.0 Å². The van der Waals surface area contributed by atoms with E-state index in [0.717, 1.165) is 6.54 Å². The predicted molar refractivity (Wildman–Crippen MR) is 60.1 cm³/mol. The molecule has 0 saturated carbocycles. The third-order valence-corrected chi connectivity index (χ3v) is 2.44. The van der Waals surface area contributed by atoms with E-state index in [-0.39, 0.29) is 0 Å². The van der Waals surface area contributed by atoms with Gasteiger partial charge in [0.15, 0.2) is 17.9 Å². The maximum absolute atomic E-state index is 3.74. The molecule has 0 aliphatic rings. The Morgan fingerprint density at radius 1 is 1.36 bits per heavy atom. The minimum Gasteiger partial charge on any atom is -0.197 e. The molecule has 74 valence electrons. The highest BCUT2D eigenvalue weighted by Gasteiger charge is 2.06. The van der Waals surface area contributed by atoms with Crippen molar-refractivity contribution in [1.29, 1.82) is 0 Å². The molecule has 0 atom stereocenters. The van der Waals surface area contributed by atoms with Gasteiger partial charge < -0.3 is 0 Å². The van der Waals surface area contributed by atoms with E-state index < -0.39 is 0 Å². The molecule has 1 rings (SSSR count). The van der Waals surface area contributed by atoms with Crippen LogP contribution in [0.5, 0.6) is 0 Å². The first-order chi connectivity index (χ1) is 6.65. The number of rotatable bonds is 3. The molecule has 1 nitrogen and oxygen atoms in total. The molecule has 0 aliphatic heterocycles. The molecule has 0 unspecified atom stereocenters. The lowest BCUT2D eigenvalue weighted by Crippen LogP contribution is -2.39. The molecule has 0 saturated heterocycles. The zero-order valence-corrected chi connectivity index (χ0v) is 9.25. The van der Waals surface area contributed by atoms with Crippen LogP contribution in [0, 0.1) is 13.8 Å². The second kappa shape index (κ2) is 4.75. The van der Waals surface area contributed by atoms with Crippen molar-refractivity contribution in [2.24, 2.45) is 0 Å². The van der Waals surface area contributed by atoms with Gasteiger partial charge >= 0.3 is 0 Å². The van der Waals surface area contributed by atoms with E-state index in [1.807, 2.05) is 6.08 Å². The van der Waals surface area contributed by atoms with Crippen LogP contribution in [0.15, 0.2) is 42.5 Å². The van der Waals surface area contributed by atoms with Crippen molar-refractivity contribution < 1.29 is 4.57 Å². The maximum atomic E-state index is 3.74. The zero-order valence-electron chi connectivity index (χ0n) is 9.25. The van der Waals surface area contributed by atoms with Gasteiger partial charge in [0, 0.05) is 26.0 Å². The molecular formula is C13H18N+. The van der Waals surface area contributed by atoms with Crippen molar-refractivity contribution in [2.75, 3.05) is 0 Å². The van der Waals surface area contributed by atoms with E-state index in [4.69, 9.17) is 0 Å². The van der Waals surface area contributed by atoms with Gasteiger partial charge in [-0.2, -0.15) is 4.57 Å². The summed E-state index contributed by atoms with van der Waals surface area (Å²) in [6.45, 7) is 11.0. The van der Waals surface area contributed by atoms with Crippen molar-refractivity contribution in [2.45, 2.75) is 27.3 Å². The summed E-state index contributed by atoms with van der Waals surface area (Å²) in [5.41, 5.74) is 3.80. The van der Waals surface area contributed by atoms with Crippen LogP contribution in [0.2, 0.25) is 0 Å². The molecule has 0 N–H and O–H groups in total.